The van der Waals surface area contributed by atoms with Gasteiger partial charge in [0.15, 0.2) is 0 Å². The van der Waals surface area contributed by atoms with E-state index in [1.807, 2.05) is 0 Å². The van der Waals surface area contributed by atoms with Crippen molar-refractivity contribution in [2.24, 2.45) is 0 Å². The standard InChI is InChI=1S/C15H27N3O6S2/c1-10(13(19)20)16-4-5-17(11(2)14(21)22)8-9-26(25)18(7-6-16)12(3)15(23)24/h10-12H,4-9H2,1-3H3,(H,19,20)(H,21,22)(H,23,24)/p-3. The van der Waals surface area contributed by atoms with Crippen LogP contribution < -0.4 is 15.3 Å². The van der Waals surface area contributed by atoms with Gasteiger partial charge >= 0.3 is 0 Å². The highest BCUT2D eigenvalue weighted by molar-refractivity contribution is 8.27. The molecular weight excluding hydrogens is 382 g/mol. The van der Waals surface area contributed by atoms with Gasteiger partial charge in [-0.3, -0.25) is 9.80 Å². The van der Waals surface area contributed by atoms with Crippen LogP contribution in [0.3, 0.4) is 0 Å². The number of nitrogens with zero attached hydrogens (tertiary/aromatic N) is 3. The van der Waals surface area contributed by atoms with Crippen molar-refractivity contribution in [2.45, 2.75) is 38.9 Å². The lowest BCUT2D eigenvalue weighted by molar-refractivity contribution is -0.313. The maximum Gasteiger partial charge on any atom is 0.0593 e. The second-order valence-corrected chi connectivity index (χ2v) is 8.90. The molecule has 4 unspecified atom stereocenters. The van der Waals surface area contributed by atoms with Crippen molar-refractivity contribution < 1.29 is 29.7 Å². The van der Waals surface area contributed by atoms with Gasteiger partial charge in [0.25, 0.3) is 0 Å². The van der Waals surface area contributed by atoms with Crippen molar-refractivity contribution in [3.05, 3.63) is 0 Å². The third-order valence-electron chi connectivity index (χ3n) is 4.65. The van der Waals surface area contributed by atoms with Gasteiger partial charge in [0, 0.05) is 50.6 Å². The fraction of sp³-hybridized carbons (Fsp3) is 0.800. The van der Waals surface area contributed by atoms with Crippen LogP contribution in [0.25, 0.3) is 0 Å². The Morgan fingerprint density at radius 1 is 0.769 bits per heavy atom. The molecule has 1 fully saturated rings. The average molecular weight is 407 g/mol. The second-order valence-electron chi connectivity index (χ2n) is 6.22. The van der Waals surface area contributed by atoms with Gasteiger partial charge in [-0.1, -0.05) is 9.64 Å². The van der Waals surface area contributed by atoms with E-state index in [9.17, 15) is 29.7 Å². The molecule has 0 amide bonds. The Morgan fingerprint density at radius 2 is 1.15 bits per heavy atom. The number of carboxylic acids is 3. The number of carboxylic acid groups (broad SMARTS) is 3. The summed E-state index contributed by atoms with van der Waals surface area (Å²) in [4.78, 5) is 37.0. The zero-order valence-electron chi connectivity index (χ0n) is 15.1. The van der Waals surface area contributed by atoms with Gasteiger partial charge in [0.1, 0.15) is 0 Å². The summed E-state index contributed by atoms with van der Waals surface area (Å²) >= 11 is 5.44. The summed E-state index contributed by atoms with van der Waals surface area (Å²) in [5.74, 6) is -3.33. The average Bonchev–Trinajstić information content (AvgIpc) is 2.57. The van der Waals surface area contributed by atoms with Gasteiger partial charge in [-0.15, -0.1) is 0 Å². The summed E-state index contributed by atoms with van der Waals surface area (Å²) in [7, 11) is -0.864. The van der Waals surface area contributed by atoms with E-state index in [1.54, 1.807) is 14.1 Å². The smallest absolute Gasteiger partial charge is 0.0593 e. The lowest BCUT2D eigenvalue weighted by Crippen LogP contribution is -2.56. The number of hydrogen-bond acceptors (Lipinski definition) is 9. The van der Waals surface area contributed by atoms with Crippen LogP contribution >= 0.6 is 0 Å². The fourth-order valence-corrected chi connectivity index (χ4v) is 4.87. The van der Waals surface area contributed by atoms with Gasteiger partial charge in [-0.2, -0.15) is 0 Å². The maximum absolute atomic E-state index is 11.3. The Bertz CT molecular complexity index is 561. The molecule has 0 N–H and O–H groups in total. The molecule has 0 bridgehead atoms. The predicted molar refractivity (Wildman–Crippen MR) is 92.9 cm³/mol. The third kappa shape index (κ3) is 6.23. The molecule has 0 saturated carbocycles. The van der Waals surface area contributed by atoms with Crippen LogP contribution in [0, 0.1) is 0 Å². The third-order valence-corrected chi connectivity index (χ3v) is 7.28. The summed E-state index contributed by atoms with van der Waals surface area (Å²) in [6.07, 6.45) is 0. The first-order chi connectivity index (χ1) is 12.1. The molecule has 150 valence electrons. The van der Waals surface area contributed by atoms with Crippen LogP contribution in [0.15, 0.2) is 0 Å². The van der Waals surface area contributed by atoms with Crippen LogP contribution in [0.4, 0.5) is 0 Å². The minimum Gasteiger partial charge on any atom is -0.548 e. The van der Waals surface area contributed by atoms with Crippen molar-refractivity contribution in [3.63, 3.8) is 0 Å². The Labute approximate surface area is 160 Å². The highest BCUT2D eigenvalue weighted by Crippen LogP contribution is 2.11. The molecule has 0 aromatic heterocycles. The van der Waals surface area contributed by atoms with Crippen molar-refractivity contribution >= 4 is 38.7 Å². The van der Waals surface area contributed by atoms with E-state index in [0.29, 0.717) is 25.4 Å². The number of carbonyl (C=O) groups is 3. The zero-order chi connectivity index (χ0) is 20.0. The van der Waals surface area contributed by atoms with Crippen LogP contribution in [-0.4, -0.2) is 88.6 Å². The first kappa shape index (κ1) is 22.9. The maximum atomic E-state index is 11.3. The van der Waals surface area contributed by atoms with Crippen LogP contribution in [0.1, 0.15) is 20.8 Å². The van der Waals surface area contributed by atoms with Crippen molar-refractivity contribution in [3.8, 4) is 0 Å². The lowest BCUT2D eigenvalue weighted by Gasteiger charge is -2.39. The monoisotopic (exact) mass is 406 g/mol. The van der Waals surface area contributed by atoms with Gasteiger partial charge in [0.2, 0.25) is 0 Å². The quantitative estimate of drug-likeness (QED) is 0.424. The Balaban J connectivity index is 3.08. The van der Waals surface area contributed by atoms with E-state index < -0.39 is 45.7 Å². The number of carbonyl (C=O) groups excluding carboxylic acids is 3. The molecule has 4 atom stereocenters. The van der Waals surface area contributed by atoms with Crippen LogP contribution in [0.2, 0.25) is 0 Å². The molecule has 1 aliphatic rings. The molecule has 26 heavy (non-hydrogen) atoms. The van der Waals surface area contributed by atoms with E-state index >= 15 is 0 Å². The summed E-state index contributed by atoms with van der Waals surface area (Å²) < 4.78 is 1.59. The minimum absolute atomic E-state index is 0.264. The Morgan fingerprint density at radius 3 is 1.58 bits per heavy atom. The summed E-state index contributed by atoms with van der Waals surface area (Å²) in [6, 6.07) is -2.70. The van der Waals surface area contributed by atoms with Gasteiger partial charge in [-0.25, -0.2) is 4.31 Å². The molecule has 1 saturated heterocycles. The summed E-state index contributed by atoms with van der Waals surface area (Å²) in [5.41, 5.74) is 0. The van der Waals surface area contributed by atoms with Crippen molar-refractivity contribution in [1.29, 1.82) is 0 Å². The van der Waals surface area contributed by atoms with Gasteiger partial charge < -0.3 is 29.7 Å². The zero-order valence-corrected chi connectivity index (χ0v) is 16.7. The van der Waals surface area contributed by atoms with E-state index in [4.69, 9.17) is 11.2 Å². The van der Waals surface area contributed by atoms with E-state index in [1.165, 1.54) is 20.8 Å². The Hall–Kier alpha value is -1.14. The molecule has 0 radical (unpaired) electrons. The largest absolute Gasteiger partial charge is 0.548 e. The molecule has 0 aromatic rings. The fourth-order valence-electron chi connectivity index (χ4n) is 2.68. The van der Waals surface area contributed by atoms with E-state index in [-0.39, 0.29) is 13.1 Å². The number of hydrogen-bond donors (Lipinski definition) is 0. The number of rotatable bonds is 6. The molecule has 0 spiro atoms. The normalized spacial score (nSPS) is 25.1. The first-order valence-corrected chi connectivity index (χ1v) is 10.6. The van der Waals surface area contributed by atoms with E-state index in [0.717, 1.165) is 0 Å². The van der Waals surface area contributed by atoms with Gasteiger partial charge in [0.05, 0.1) is 23.9 Å². The predicted octanol–water partition coefficient (Wildman–Crippen LogP) is -4.68. The molecule has 9 nitrogen and oxygen atoms in total. The van der Waals surface area contributed by atoms with E-state index in [2.05, 4.69) is 0 Å². The molecule has 11 heteroatoms. The first-order valence-electron chi connectivity index (χ1n) is 8.32. The minimum atomic E-state index is -1.26. The number of aliphatic carboxylic acids is 3. The molecule has 0 aromatic carbocycles. The SMILES string of the molecule is CC(C(=O)[O-])N1CCN(C(C)C(=O)[O-])CCS(=S)N(C(C)C(=O)[O-])CC1. The van der Waals surface area contributed by atoms with Crippen LogP contribution in [0.5, 0.6) is 0 Å². The summed E-state index contributed by atoms with van der Waals surface area (Å²) in [5, 5.41) is 33.8. The highest BCUT2D eigenvalue weighted by Gasteiger charge is 2.25. The summed E-state index contributed by atoms with van der Waals surface area (Å²) in [6.45, 7) is 5.95. The van der Waals surface area contributed by atoms with Gasteiger partial charge in [-0.05, 0) is 32.0 Å². The Kier molecular flexibility index (Phi) is 9.04. The molecule has 1 aliphatic heterocycles. The molecule has 1 heterocycles. The highest BCUT2D eigenvalue weighted by atomic mass is 32.8. The molecular formula is C15H24N3O6S2-3. The topological polar surface area (TPSA) is 130 Å². The second kappa shape index (κ2) is 10.3. The van der Waals surface area contributed by atoms with Crippen molar-refractivity contribution in [1.82, 2.24) is 14.1 Å². The molecule has 0 aliphatic carbocycles. The van der Waals surface area contributed by atoms with Crippen LogP contribution in [-0.2, 0) is 35.2 Å². The lowest BCUT2D eigenvalue weighted by atomic mass is 10.2. The molecule has 1 rings (SSSR count). The van der Waals surface area contributed by atoms with Crippen molar-refractivity contribution in [2.75, 3.05) is 38.5 Å².